The fourth-order valence-corrected chi connectivity index (χ4v) is 3.59. The number of halogens is 1. The first-order valence-corrected chi connectivity index (χ1v) is 7.99. The number of nitrogens with one attached hydrogen (secondary N) is 2. The first-order chi connectivity index (χ1) is 10.1. The van der Waals surface area contributed by atoms with Gasteiger partial charge in [-0.25, -0.2) is 4.79 Å². The molecule has 2 amide bonds. The number of rotatable bonds is 3. The molecule has 1 aromatic carbocycles. The quantitative estimate of drug-likeness (QED) is 0.804. The lowest BCUT2D eigenvalue weighted by Crippen LogP contribution is -2.45. The van der Waals surface area contributed by atoms with Crippen molar-refractivity contribution in [3.05, 3.63) is 34.3 Å². The normalized spacial score (nSPS) is 22.9. The molecule has 0 heterocycles. The van der Waals surface area contributed by atoms with E-state index in [4.69, 9.17) is 11.6 Å². The van der Waals surface area contributed by atoms with Gasteiger partial charge < -0.3 is 15.7 Å². The smallest absolute Gasteiger partial charge is 0.315 e. The molecule has 0 spiro atoms. The Kier molecular flexibility index (Phi) is 4.09. The van der Waals surface area contributed by atoms with Gasteiger partial charge in [0.05, 0.1) is 11.6 Å². The van der Waals surface area contributed by atoms with Gasteiger partial charge in [-0.15, -0.1) is 0 Å². The molecular formula is C16H21ClN2O2. The number of benzene rings is 1. The number of carbonyl (C=O) groups excluding carboxylic acids is 1. The Hall–Kier alpha value is -1.26. The van der Waals surface area contributed by atoms with Crippen LogP contribution in [0.2, 0.25) is 5.02 Å². The minimum absolute atomic E-state index is 0.0375. The lowest BCUT2D eigenvalue weighted by molar-refractivity contribution is 0.0500. The minimum Gasteiger partial charge on any atom is -0.388 e. The fourth-order valence-electron chi connectivity index (χ4n) is 3.40. The molecular weight excluding hydrogens is 288 g/mol. The summed E-state index contributed by atoms with van der Waals surface area (Å²) in [5.41, 5.74) is 1.65. The van der Waals surface area contributed by atoms with E-state index < -0.39 is 5.60 Å². The topological polar surface area (TPSA) is 61.4 Å². The highest BCUT2D eigenvalue weighted by Crippen LogP contribution is 2.33. The molecule has 2 aliphatic rings. The van der Waals surface area contributed by atoms with Crippen LogP contribution in [0, 0.1) is 0 Å². The Balaban J connectivity index is 1.54. The van der Waals surface area contributed by atoms with Gasteiger partial charge in [-0.1, -0.05) is 30.5 Å². The van der Waals surface area contributed by atoms with Crippen molar-refractivity contribution < 1.29 is 9.90 Å². The van der Waals surface area contributed by atoms with Crippen molar-refractivity contribution in [1.29, 1.82) is 0 Å². The van der Waals surface area contributed by atoms with Gasteiger partial charge in [0.2, 0.25) is 0 Å². The number of amides is 2. The molecule has 3 N–H and O–H groups in total. The molecule has 114 valence electrons. The van der Waals surface area contributed by atoms with Crippen LogP contribution in [-0.2, 0) is 6.42 Å². The van der Waals surface area contributed by atoms with E-state index in [1.54, 1.807) is 0 Å². The lowest BCUT2D eigenvalue weighted by Gasteiger charge is -2.23. The third-order valence-electron chi connectivity index (χ3n) is 4.60. The van der Waals surface area contributed by atoms with E-state index in [0.29, 0.717) is 6.54 Å². The van der Waals surface area contributed by atoms with Gasteiger partial charge in [0.25, 0.3) is 0 Å². The zero-order chi connectivity index (χ0) is 14.9. The van der Waals surface area contributed by atoms with Crippen molar-refractivity contribution in [2.45, 2.75) is 50.2 Å². The molecule has 0 bridgehead atoms. The number of fused-ring (bicyclic) bond motifs is 1. The summed E-state index contributed by atoms with van der Waals surface area (Å²) in [5.74, 6) is 0. The first-order valence-electron chi connectivity index (χ1n) is 7.61. The van der Waals surface area contributed by atoms with Crippen molar-refractivity contribution in [3.8, 4) is 0 Å². The molecule has 1 aromatic rings. The summed E-state index contributed by atoms with van der Waals surface area (Å²) < 4.78 is 0. The molecule has 1 saturated carbocycles. The van der Waals surface area contributed by atoms with Crippen LogP contribution in [0.25, 0.3) is 0 Å². The maximum atomic E-state index is 12.0. The summed E-state index contributed by atoms with van der Waals surface area (Å²) in [5, 5.41) is 16.8. The van der Waals surface area contributed by atoms with Crippen molar-refractivity contribution in [1.82, 2.24) is 10.6 Å². The monoisotopic (exact) mass is 308 g/mol. The van der Waals surface area contributed by atoms with Crippen molar-refractivity contribution in [2.24, 2.45) is 0 Å². The number of hydrogen-bond donors (Lipinski definition) is 3. The van der Waals surface area contributed by atoms with Gasteiger partial charge in [0.15, 0.2) is 0 Å². The minimum atomic E-state index is -0.710. The Morgan fingerprint density at radius 3 is 2.90 bits per heavy atom. The predicted octanol–water partition coefficient (Wildman–Crippen LogP) is 2.93. The van der Waals surface area contributed by atoms with Crippen LogP contribution in [0.5, 0.6) is 0 Å². The van der Waals surface area contributed by atoms with Gasteiger partial charge in [0, 0.05) is 11.6 Å². The highest BCUT2D eigenvalue weighted by atomic mass is 35.5. The van der Waals surface area contributed by atoms with E-state index in [2.05, 4.69) is 10.6 Å². The number of aryl methyl sites for hydroxylation is 1. The fraction of sp³-hybridized carbons (Fsp3) is 0.562. The third kappa shape index (κ3) is 3.33. The van der Waals surface area contributed by atoms with Crippen molar-refractivity contribution in [3.63, 3.8) is 0 Å². The average Bonchev–Trinajstić information content (AvgIpc) is 3.04. The van der Waals surface area contributed by atoms with Gasteiger partial charge in [-0.2, -0.15) is 0 Å². The summed E-state index contributed by atoms with van der Waals surface area (Å²) in [4.78, 5) is 12.0. The molecule has 0 aliphatic heterocycles. The third-order valence-corrected chi connectivity index (χ3v) is 4.84. The van der Waals surface area contributed by atoms with Crippen LogP contribution in [0.4, 0.5) is 4.79 Å². The summed E-state index contributed by atoms with van der Waals surface area (Å²) in [6.07, 6.45) is 5.46. The Morgan fingerprint density at radius 2 is 2.14 bits per heavy atom. The maximum Gasteiger partial charge on any atom is 0.315 e. The van der Waals surface area contributed by atoms with E-state index in [-0.39, 0.29) is 12.1 Å². The van der Waals surface area contributed by atoms with Crippen LogP contribution in [0.1, 0.15) is 49.3 Å². The molecule has 4 nitrogen and oxygen atoms in total. The van der Waals surface area contributed by atoms with E-state index in [9.17, 15) is 9.90 Å². The standard InChI is InChI=1S/C16H21ClN2O2/c17-12-4-5-13-11(9-12)3-6-14(13)19-15(20)18-10-16(21)7-1-2-8-16/h4-5,9,14,21H,1-3,6-8,10H2,(H2,18,19,20). The Morgan fingerprint density at radius 1 is 1.38 bits per heavy atom. The predicted molar refractivity (Wildman–Crippen MR) is 82.5 cm³/mol. The Labute approximate surface area is 129 Å². The zero-order valence-electron chi connectivity index (χ0n) is 12.0. The van der Waals surface area contributed by atoms with Crippen molar-refractivity contribution >= 4 is 17.6 Å². The number of urea groups is 1. The number of aliphatic hydroxyl groups is 1. The van der Waals surface area contributed by atoms with Crippen LogP contribution in [0.3, 0.4) is 0 Å². The van der Waals surface area contributed by atoms with Gasteiger partial charge in [-0.05, 0) is 48.9 Å². The van der Waals surface area contributed by atoms with Crippen LogP contribution in [-0.4, -0.2) is 23.3 Å². The zero-order valence-corrected chi connectivity index (χ0v) is 12.7. The van der Waals surface area contributed by atoms with Gasteiger partial charge in [0.1, 0.15) is 0 Å². The summed E-state index contributed by atoms with van der Waals surface area (Å²) in [6.45, 7) is 0.332. The molecule has 0 saturated heterocycles. The molecule has 21 heavy (non-hydrogen) atoms. The van der Waals surface area contributed by atoms with E-state index in [1.165, 1.54) is 5.56 Å². The second-order valence-electron chi connectivity index (χ2n) is 6.19. The molecule has 2 aliphatic carbocycles. The van der Waals surface area contributed by atoms with Crippen LogP contribution < -0.4 is 10.6 Å². The van der Waals surface area contributed by atoms with Gasteiger partial charge >= 0.3 is 6.03 Å². The molecule has 3 rings (SSSR count). The van der Waals surface area contributed by atoms with E-state index in [1.807, 2.05) is 18.2 Å². The molecule has 0 radical (unpaired) electrons. The summed E-state index contributed by atoms with van der Waals surface area (Å²) in [6, 6.07) is 5.65. The summed E-state index contributed by atoms with van der Waals surface area (Å²) in [7, 11) is 0. The summed E-state index contributed by atoms with van der Waals surface area (Å²) >= 11 is 5.99. The van der Waals surface area contributed by atoms with Crippen LogP contribution in [0.15, 0.2) is 18.2 Å². The number of carbonyl (C=O) groups is 1. The average molecular weight is 309 g/mol. The number of hydrogen-bond acceptors (Lipinski definition) is 2. The van der Waals surface area contributed by atoms with Gasteiger partial charge in [-0.3, -0.25) is 0 Å². The molecule has 1 atom stereocenters. The van der Waals surface area contributed by atoms with Crippen LogP contribution >= 0.6 is 11.6 Å². The second-order valence-corrected chi connectivity index (χ2v) is 6.63. The Bertz CT molecular complexity index is 541. The molecule has 5 heteroatoms. The SMILES string of the molecule is O=C(NCC1(O)CCCC1)NC1CCc2cc(Cl)ccc21. The van der Waals surface area contributed by atoms with E-state index >= 15 is 0 Å². The maximum absolute atomic E-state index is 12.0. The lowest BCUT2D eigenvalue weighted by atomic mass is 10.0. The highest BCUT2D eigenvalue weighted by molar-refractivity contribution is 6.30. The molecule has 0 aromatic heterocycles. The van der Waals surface area contributed by atoms with Crippen molar-refractivity contribution in [2.75, 3.05) is 6.54 Å². The second kappa shape index (κ2) is 5.85. The molecule has 1 unspecified atom stereocenters. The van der Waals surface area contributed by atoms with E-state index in [0.717, 1.165) is 49.1 Å². The largest absolute Gasteiger partial charge is 0.388 e. The highest BCUT2D eigenvalue weighted by Gasteiger charge is 2.32. The molecule has 1 fully saturated rings. The first kappa shape index (κ1) is 14.7.